The van der Waals surface area contributed by atoms with Crippen molar-refractivity contribution >= 4 is 23.5 Å². The van der Waals surface area contributed by atoms with Gasteiger partial charge in [0.25, 0.3) is 0 Å². The molecule has 0 bridgehead atoms. The number of carboxylic acid groups (broad SMARTS) is 1. The molecule has 0 saturated heterocycles. The van der Waals surface area contributed by atoms with E-state index < -0.39 is 17.9 Å². The zero-order valence-corrected chi connectivity index (χ0v) is 10.9. The van der Waals surface area contributed by atoms with Crippen molar-refractivity contribution in [2.45, 2.75) is 12.6 Å². The van der Waals surface area contributed by atoms with E-state index in [0.717, 1.165) is 0 Å². The number of nitrogens with zero attached hydrogens (tertiary/aromatic N) is 4. The number of nitrogens with one attached hydrogen (secondary N) is 1. The Labute approximate surface area is 118 Å². The number of carbonyl (C=O) groups excluding carboxylic acids is 1. The van der Waals surface area contributed by atoms with Crippen molar-refractivity contribution in [1.82, 2.24) is 25.5 Å². The van der Waals surface area contributed by atoms with E-state index in [4.69, 9.17) is 11.6 Å². The van der Waals surface area contributed by atoms with Gasteiger partial charge in [0.1, 0.15) is 12.9 Å². The molecule has 20 heavy (non-hydrogen) atoms. The molecule has 1 heterocycles. The number of amides is 1. The molecule has 0 fully saturated rings. The second-order valence-electron chi connectivity index (χ2n) is 3.87. The van der Waals surface area contributed by atoms with Gasteiger partial charge in [-0.05, 0) is 16.5 Å². The van der Waals surface area contributed by atoms with Crippen LogP contribution < -0.4 is 5.32 Å². The van der Waals surface area contributed by atoms with E-state index in [0.29, 0.717) is 5.56 Å². The highest BCUT2D eigenvalue weighted by Gasteiger charge is 2.24. The van der Waals surface area contributed by atoms with Gasteiger partial charge in [-0.3, -0.25) is 4.79 Å². The summed E-state index contributed by atoms with van der Waals surface area (Å²) in [7, 11) is 0. The second-order valence-corrected chi connectivity index (χ2v) is 4.27. The third-order valence-corrected chi connectivity index (χ3v) is 2.81. The molecule has 2 aromatic rings. The monoisotopic (exact) mass is 295 g/mol. The fraction of sp³-hybridized carbons (Fsp3) is 0.182. The molecule has 0 unspecified atom stereocenters. The molecule has 104 valence electrons. The Hall–Kier alpha value is -2.48. The van der Waals surface area contributed by atoms with Gasteiger partial charge >= 0.3 is 5.97 Å². The number of aliphatic carboxylic acids is 1. The molecule has 9 heteroatoms. The Morgan fingerprint density at radius 1 is 1.40 bits per heavy atom. The third-order valence-electron chi connectivity index (χ3n) is 2.47. The topological polar surface area (TPSA) is 110 Å². The number of halogens is 1. The molecule has 8 nitrogen and oxygen atoms in total. The van der Waals surface area contributed by atoms with Gasteiger partial charge in [-0.25, -0.2) is 9.48 Å². The van der Waals surface area contributed by atoms with Crippen LogP contribution >= 0.6 is 11.6 Å². The Bertz CT molecular complexity index is 616. The summed E-state index contributed by atoms with van der Waals surface area (Å²) in [6, 6.07) is 5.18. The van der Waals surface area contributed by atoms with E-state index in [1.165, 1.54) is 11.0 Å². The molecule has 2 N–H and O–H groups in total. The Kier molecular flexibility index (Phi) is 4.26. The summed E-state index contributed by atoms with van der Waals surface area (Å²) in [4.78, 5) is 23.0. The minimum atomic E-state index is -1.23. The quantitative estimate of drug-likeness (QED) is 0.819. The number of carbonyl (C=O) groups is 2. The van der Waals surface area contributed by atoms with Crippen molar-refractivity contribution in [3.8, 4) is 0 Å². The van der Waals surface area contributed by atoms with Crippen LogP contribution in [0, 0.1) is 0 Å². The lowest BCUT2D eigenvalue weighted by Gasteiger charge is -2.15. The summed E-state index contributed by atoms with van der Waals surface area (Å²) in [6.07, 6.45) is 1.25. The van der Waals surface area contributed by atoms with Crippen LogP contribution in [0.3, 0.4) is 0 Å². The fourth-order valence-corrected chi connectivity index (χ4v) is 1.83. The maximum absolute atomic E-state index is 11.8. The molecular formula is C11H10ClN5O3. The maximum Gasteiger partial charge on any atom is 0.330 e. The van der Waals surface area contributed by atoms with Crippen LogP contribution in [0.4, 0.5) is 0 Å². The first-order valence-electron chi connectivity index (χ1n) is 5.55. The lowest BCUT2D eigenvalue weighted by Crippen LogP contribution is -2.36. The molecule has 0 aliphatic rings. The number of benzene rings is 1. The van der Waals surface area contributed by atoms with Gasteiger partial charge in [0.2, 0.25) is 5.91 Å². The molecule has 1 aromatic carbocycles. The van der Waals surface area contributed by atoms with Crippen molar-refractivity contribution in [3.05, 3.63) is 41.2 Å². The van der Waals surface area contributed by atoms with Gasteiger partial charge in [0.05, 0.1) is 0 Å². The highest BCUT2D eigenvalue weighted by molar-refractivity contribution is 6.31. The number of tetrazole rings is 1. The van der Waals surface area contributed by atoms with Crippen molar-refractivity contribution in [2.75, 3.05) is 0 Å². The summed E-state index contributed by atoms with van der Waals surface area (Å²) < 4.78 is 1.18. The molecule has 0 spiro atoms. The summed E-state index contributed by atoms with van der Waals surface area (Å²) in [5.41, 5.74) is 0.312. The lowest BCUT2D eigenvalue weighted by atomic mass is 10.1. The average Bonchev–Trinajstić information content (AvgIpc) is 2.89. The molecular weight excluding hydrogens is 286 g/mol. The van der Waals surface area contributed by atoms with E-state index in [-0.39, 0.29) is 11.6 Å². The van der Waals surface area contributed by atoms with E-state index in [9.17, 15) is 14.7 Å². The van der Waals surface area contributed by atoms with Crippen LogP contribution in [-0.4, -0.2) is 37.2 Å². The Morgan fingerprint density at radius 2 is 2.15 bits per heavy atom. The van der Waals surface area contributed by atoms with E-state index >= 15 is 0 Å². The van der Waals surface area contributed by atoms with Gasteiger partial charge in [0, 0.05) is 10.6 Å². The molecule has 0 radical (unpaired) electrons. The molecule has 1 atom stereocenters. The molecule has 1 aromatic heterocycles. The van der Waals surface area contributed by atoms with E-state index in [1.54, 1.807) is 24.3 Å². The van der Waals surface area contributed by atoms with Crippen LogP contribution in [0.2, 0.25) is 5.02 Å². The van der Waals surface area contributed by atoms with Crippen molar-refractivity contribution < 1.29 is 14.7 Å². The van der Waals surface area contributed by atoms with Gasteiger partial charge in [-0.15, -0.1) is 5.10 Å². The standard InChI is InChI=1S/C11H10ClN5O3/c12-8-4-2-1-3-7(8)10(11(19)20)14-9(18)5-17-6-13-15-16-17/h1-4,6,10H,5H2,(H,14,18)(H,19,20)/t10-/m1/s1. The Morgan fingerprint density at radius 3 is 2.75 bits per heavy atom. The number of aromatic nitrogens is 4. The number of carboxylic acids is 1. The lowest BCUT2D eigenvalue weighted by molar-refractivity contribution is -0.142. The third kappa shape index (κ3) is 3.29. The fourth-order valence-electron chi connectivity index (χ4n) is 1.59. The van der Waals surface area contributed by atoms with Crippen molar-refractivity contribution in [3.63, 3.8) is 0 Å². The highest BCUT2D eigenvalue weighted by Crippen LogP contribution is 2.22. The van der Waals surface area contributed by atoms with Gasteiger partial charge in [-0.2, -0.15) is 0 Å². The first-order chi connectivity index (χ1) is 9.58. The minimum absolute atomic E-state index is 0.179. The predicted octanol–water partition coefficient (Wildman–Crippen LogP) is 0.269. The zero-order valence-electron chi connectivity index (χ0n) is 10.1. The van der Waals surface area contributed by atoms with Gasteiger partial charge in [0.15, 0.2) is 6.04 Å². The smallest absolute Gasteiger partial charge is 0.330 e. The summed E-state index contributed by atoms with van der Waals surface area (Å²) >= 11 is 5.94. The number of rotatable bonds is 5. The highest BCUT2D eigenvalue weighted by atomic mass is 35.5. The largest absolute Gasteiger partial charge is 0.479 e. The van der Waals surface area contributed by atoms with Crippen LogP contribution in [0.1, 0.15) is 11.6 Å². The first-order valence-corrected chi connectivity index (χ1v) is 5.93. The molecule has 0 aliphatic heterocycles. The molecule has 2 rings (SSSR count). The van der Waals surface area contributed by atoms with Crippen LogP contribution in [-0.2, 0) is 16.1 Å². The summed E-state index contributed by atoms with van der Waals surface area (Å²) in [5, 5.41) is 22.1. The number of hydrogen-bond donors (Lipinski definition) is 2. The minimum Gasteiger partial charge on any atom is -0.479 e. The number of hydrogen-bond acceptors (Lipinski definition) is 5. The Balaban J connectivity index is 2.12. The van der Waals surface area contributed by atoms with Crippen molar-refractivity contribution in [2.24, 2.45) is 0 Å². The van der Waals surface area contributed by atoms with E-state index in [2.05, 4.69) is 20.8 Å². The van der Waals surface area contributed by atoms with Gasteiger partial charge < -0.3 is 10.4 Å². The van der Waals surface area contributed by atoms with Gasteiger partial charge in [-0.1, -0.05) is 29.8 Å². The van der Waals surface area contributed by atoms with Crippen molar-refractivity contribution in [1.29, 1.82) is 0 Å². The van der Waals surface area contributed by atoms with Crippen LogP contribution in [0.25, 0.3) is 0 Å². The zero-order chi connectivity index (χ0) is 14.5. The predicted molar refractivity (Wildman–Crippen MR) is 67.8 cm³/mol. The normalized spacial score (nSPS) is 11.8. The van der Waals surface area contributed by atoms with E-state index in [1.807, 2.05) is 0 Å². The molecule has 0 aliphatic carbocycles. The molecule has 0 saturated carbocycles. The summed E-state index contributed by atoms with van der Waals surface area (Å²) in [6.45, 7) is -0.179. The SMILES string of the molecule is O=C(Cn1cnnn1)N[C@@H](C(=O)O)c1ccccc1Cl. The molecule has 1 amide bonds. The van der Waals surface area contributed by atoms with Crippen LogP contribution in [0.5, 0.6) is 0 Å². The first kappa shape index (κ1) is 13.9. The maximum atomic E-state index is 11.8. The van der Waals surface area contributed by atoms with Crippen LogP contribution in [0.15, 0.2) is 30.6 Å². The average molecular weight is 296 g/mol. The second kappa shape index (κ2) is 6.11. The summed E-state index contributed by atoms with van der Waals surface area (Å²) in [5.74, 6) is -1.74.